The number of nitro groups is 1. The molecule has 2 heterocycles. The fraction of sp³-hybridized carbons (Fsp3) is 0.300. The van der Waals surface area contributed by atoms with Gasteiger partial charge in [-0.3, -0.25) is 15.0 Å². The van der Waals surface area contributed by atoms with Gasteiger partial charge in [0, 0.05) is 54.9 Å². The van der Waals surface area contributed by atoms with Crippen molar-refractivity contribution >= 4 is 46.8 Å². The lowest BCUT2D eigenvalue weighted by molar-refractivity contribution is -0.384. The van der Waals surface area contributed by atoms with Crippen LogP contribution in [0, 0.1) is 14.9 Å². The molecule has 11 heteroatoms. The maximum absolute atomic E-state index is 11.4. The van der Waals surface area contributed by atoms with E-state index < -0.39 is 0 Å². The Morgan fingerprint density at radius 1 is 1.06 bits per heavy atom. The quantitative estimate of drug-likeness (QED) is 0.302. The summed E-state index contributed by atoms with van der Waals surface area (Å²) in [5.41, 5.74) is 1.56. The SMILES string of the molecule is Cn1c(-c2ccc(Cl)cc2)nn(CN2CCN(c3ccc(Cl)cc3[N+](=O)[O-])CC2)c1=S. The van der Waals surface area contributed by atoms with E-state index in [0.29, 0.717) is 40.3 Å². The molecule has 1 aliphatic heterocycles. The van der Waals surface area contributed by atoms with Gasteiger partial charge in [-0.15, -0.1) is 0 Å². The molecule has 0 atom stereocenters. The van der Waals surface area contributed by atoms with Gasteiger partial charge in [-0.1, -0.05) is 23.2 Å². The topological polar surface area (TPSA) is 72.4 Å². The lowest BCUT2D eigenvalue weighted by Gasteiger charge is -2.35. The minimum Gasteiger partial charge on any atom is -0.363 e. The third kappa shape index (κ3) is 4.59. The van der Waals surface area contributed by atoms with Crippen LogP contribution in [0.5, 0.6) is 0 Å². The molecule has 0 unspecified atom stereocenters. The second-order valence-electron chi connectivity index (χ2n) is 7.31. The van der Waals surface area contributed by atoms with Gasteiger partial charge in [0.2, 0.25) is 0 Å². The highest BCUT2D eigenvalue weighted by Crippen LogP contribution is 2.31. The van der Waals surface area contributed by atoms with Crippen molar-refractivity contribution in [1.29, 1.82) is 0 Å². The molecule has 0 saturated carbocycles. The van der Waals surface area contributed by atoms with Crippen molar-refractivity contribution in [3.05, 3.63) is 67.4 Å². The van der Waals surface area contributed by atoms with Crippen LogP contribution in [-0.2, 0) is 13.7 Å². The average Bonchev–Trinajstić information content (AvgIpc) is 3.03. The minimum atomic E-state index is -0.390. The Kier molecular flexibility index (Phi) is 6.29. The highest BCUT2D eigenvalue weighted by Gasteiger charge is 2.24. The third-order valence-electron chi connectivity index (χ3n) is 5.32. The van der Waals surface area contributed by atoms with Gasteiger partial charge in [-0.25, -0.2) is 4.68 Å². The smallest absolute Gasteiger partial charge is 0.294 e. The molecule has 1 fully saturated rings. The molecule has 0 N–H and O–H groups in total. The van der Waals surface area contributed by atoms with Crippen molar-refractivity contribution in [3.8, 4) is 11.4 Å². The van der Waals surface area contributed by atoms with E-state index in [9.17, 15) is 10.1 Å². The van der Waals surface area contributed by atoms with E-state index in [0.717, 1.165) is 24.5 Å². The summed E-state index contributed by atoms with van der Waals surface area (Å²) in [7, 11) is 1.90. The largest absolute Gasteiger partial charge is 0.363 e. The Hall–Kier alpha value is -2.46. The molecule has 2 aromatic carbocycles. The van der Waals surface area contributed by atoms with Crippen molar-refractivity contribution < 1.29 is 4.92 Å². The monoisotopic (exact) mass is 478 g/mol. The first-order chi connectivity index (χ1) is 14.8. The molecular formula is C20H20Cl2N6O2S. The molecule has 3 aromatic rings. The zero-order chi connectivity index (χ0) is 22.1. The van der Waals surface area contributed by atoms with Gasteiger partial charge in [-0.2, -0.15) is 5.10 Å². The summed E-state index contributed by atoms with van der Waals surface area (Å²) in [6, 6.07) is 12.3. The van der Waals surface area contributed by atoms with E-state index in [4.69, 9.17) is 40.5 Å². The number of halogens is 2. The first-order valence-corrected chi connectivity index (χ1v) is 10.8. The molecule has 0 spiro atoms. The number of nitrogens with zero attached hydrogens (tertiary/aromatic N) is 6. The van der Waals surface area contributed by atoms with Gasteiger partial charge in [0.05, 0.1) is 11.6 Å². The molecular weight excluding hydrogens is 459 g/mol. The minimum absolute atomic E-state index is 0.0282. The van der Waals surface area contributed by atoms with Crippen LogP contribution in [-0.4, -0.2) is 50.3 Å². The van der Waals surface area contributed by atoms with Crippen LogP contribution in [0.15, 0.2) is 42.5 Å². The van der Waals surface area contributed by atoms with Crippen molar-refractivity contribution in [2.24, 2.45) is 7.05 Å². The number of anilines is 1. The summed E-state index contributed by atoms with van der Waals surface area (Å²) in [6.07, 6.45) is 0. The summed E-state index contributed by atoms with van der Waals surface area (Å²) in [5, 5.41) is 17.1. The molecule has 162 valence electrons. The van der Waals surface area contributed by atoms with Crippen LogP contribution >= 0.6 is 35.4 Å². The molecule has 0 amide bonds. The predicted octanol–water partition coefficient (Wildman–Crippen LogP) is 4.61. The van der Waals surface area contributed by atoms with Gasteiger partial charge < -0.3 is 9.47 Å². The molecule has 31 heavy (non-hydrogen) atoms. The van der Waals surface area contributed by atoms with Gasteiger partial charge in [0.25, 0.3) is 5.69 Å². The molecule has 1 aliphatic rings. The second kappa shape index (κ2) is 8.96. The van der Waals surface area contributed by atoms with Gasteiger partial charge in [0.15, 0.2) is 10.6 Å². The fourth-order valence-electron chi connectivity index (χ4n) is 3.66. The molecule has 8 nitrogen and oxygen atoms in total. The summed E-state index contributed by atoms with van der Waals surface area (Å²) in [6.45, 7) is 3.33. The number of rotatable bonds is 5. The highest BCUT2D eigenvalue weighted by atomic mass is 35.5. The Morgan fingerprint density at radius 2 is 1.71 bits per heavy atom. The number of hydrogen-bond donors (Lipinski definition) is 0. The standard InChI is InChI=1S/C20H20Cl2N6O2S/c1-24-19(14-2-4-15(21)5-3-14)23-27(20(24)31)13-25-8-10-26(11-9-25)17-7-6-16(22)12-18(17)28(29)30/h2-7,12H,8-11,13H2,1H3. The second-order valence-corrected chi connectivity index (χ2v) is 8.55. The van der Waals surface area contributed by atoms with Crippen LogP contribution in [0.25, 0.3) is 11.4 Å². The van der Waals surface area contributed by atoms with Gasteiger partial charge in [-0.05, 0) is 48.6 Å². The fourth-order valence-corrected chi connectivity index (χ4v) is 4.14. The molecule has 0 bridgehead atoms. The first kappa shape index (κ1) is 21.8. The Morgan fingerprint density at radius 3 is 2.35 bits per heavy atom. The van der Waals surface area contributed by atoms with E-state index in [-0.39, 0.29) is 10.6 Å². The molecule has 1 aromatic heterocycles. The Labute approximate surface area is 194 Å². The lowest BCUT2D eigenvalue weighted by Crippen LogP contribution is -2.47. The molecule has 0 radical (unpaired) electrons. The van der Waals surface area contributed by atoms with Crippen molar-refractivity contribution in [3.63, 3.8) is 0 Å². The highest BCUT2D eigenvalue weighted by molar-refractivity contribution is 7.71. The molecule has 4 rings (SSSR count). The van der Waals surface area contributed by atoms with E-state index in [2.05, 4.69) is 4.90 Å². The van der Waals surface area contributed by atoms with E-state index >= 15 is 0 Å². The number of aromatic nitrogens is 3. The first-order valence-electron chi connectivity index (χ1n) is 9.64. The van der Waals surface area contributed by atoms with Crippen LogP contribution < -0.4 is 4.90 Å². The summed E-state index contributed by atoms with van der Waals surface area (Å²) in [5.74, 6) is 0.775. The van der Waals surface area contributed by atoms with E-state index in [1.807, 2.05) is 40.8 Å². The molecule has 1 saturated heterocycles. The third-order valence-corrected chi connectivity index (χ3v) is 6.30. The Bertz CT molecular complexity index is 1170. The normalized spacial score (nSPS) is 14.7. The average molecular weight is 479 g/mol. The molecule has 0 aliphatic carbocycles. The Balaban J connectivity index is 1.47. The van der Waals surface area contributed by atoms with Crippen molar-refractivity contribution in [2.45, 2.75) is 6.67 Å². The van der Waals surface area contributed by atoms with Crippen LogP contribution in [0.4, 0.5) is 11.4 Å². The number of piperazine rings is 1. The van der Waals surface area contributed by atoms with Crippen molar-refractivity contribution in [1.82, 2.24) is 19.2 Å². The number of hydrogen-bond acceptors (Lipinski definition) is 6. The van der Waals surface area contributed by atoms with E-state index in [1.54, 1.807) is 16.8 Å². The van der Waals surface area contributed by atoms with Crippen LogP contribution in [0.3, 0.4) is 0 Å². The number of nitro benzene ring substituents is 1. The summed E-state index contributed by atoms with van der Waals surface area (Å²) in [4.78, 5) is 15.3. The summed E-state index contributed by atoms with van der Waals surface area (Å²) < 4.78 is 4.31. The lowest BCUT2D eigenvalue weighted by atomic mass is 10.2. The maximum atomic E-state index is 11.4. The van der Waals surface area contributed by atoms with Gasteiger partial charge >= 0.3 is 0 Å². The van der Waals surface area contributed by atoms with Crippen LogP contribution in [0.1, 0.15) is 0 Å². The maximum Gasteiger partial charge on any atom is 0.294 e. The summed E-state index contributed by atoms with van der Waals surface area (Å²) >= 11 is 17.5. The van der Waals surface area contributed by atoms with Gasteiger partial charge in [0.1, 0.15) is 5.69 Å². The zero-order valence-corrected chi connectivity index (χ0v) is 19.1. The number of benzene rings is 2. The predicted molar refractivity (Wildman–Crippen MR) is 124 cm³/mol. The van der Waals surface area contributed by atoms with Crippen molar-refractivity contribution in [2.75, 3.05) is 31.1 Å². The van der Waals surface area contributed by atoms with Crippen LogP contribution in [0.2, 0.25) is 10.0 Å². The zero-order valence-electron chi connectivity index (χ0n) is 16.7. The van der Waals surface area contributed by atoms with E-state index in [1.165, 1.54) is 6.07 Å².